The van der Waals surface area contributed by atoms with E-state index in [9.17, 15) is 14.4 Å². The van der Waals surface area contributed by atoms with Crippen LogP contribution in [-0.4, -0.2) is 48.5 Å². The zero-order valence-electron chi connectivity index (χ0n) is 13.5. The van der Waals surface area contributed by atoms with Crippen LogP contribution in [0.1, 0.15) is 13.3 Å². The Labute approximate surface area is 138 Å². The van der Waals surface area contributed by atoms with Crippen LogP contribution >= 0.6 is 0 Å². The minimum Gasteiger partial charge on any atom is -0.449 e. The Morgan fingerprint density at radius 1 is 1.38 bits per heavy atom. The van der Waals surface area contributed by atoms with Crippen LogP contribution in [0.2, 0.25) is 0 Å². The van der Waals surface area contributed by atoms with Crippen LogP contribution in [0.15, 0.2) is 22.5 Å². The van der Waals surface area contributed by atoms with E-state index in [1.807, 2.05) is 4.90 Å². The number of ketones is 2. The summed E-state index contributed by atoms with van der Waals surface area (Å²) in [6.07, 6.45) is 0.0314. The number of primary amides is 1. The van der Waals surface area contributed by atoms with Gasteiger partial charge in [0.15, 0.2) is 5.72 Å². The van der Waals surface area contributed by atoms with Gasteiger partial charge < -0.3 is 25.8 Å². The maximum Gasteiger partial charge on any atom is 0.404 e. The van der Waals surface area contributed by atoms with Crippen molar-refractivity contribution < 1.29 is 23.9 Å². The molecule has 4 N–H and O–H groups in total. The highest BCUT2D eigenvalue weighted by molar-refractivity contribution is 6.25. The van der Waals surface area contributed by atoms with Crippen LogP contribution < -0.4 is 11.5 Å². The number of ether oxygens (including phenoxy) is 2. The number of carbonyl (C=O) groups excluding carboxylic acids is 3. The van der Waals surface area contributed by atoms with Gasteiger partial charge in [-0.3, -0.25) is 9.59 Å². The van der Waals surface area contributed by atoms with Gasteiger partial charge in [0, 0.05) is 30.7 Å². The molecule has 0 bridgehead atoms. The van der Waals surface area contributed by atoms with E-state index >= 15 is 0 Å². The average Bonchev–Trinajstić information content (AvgIpc) is 3.16. The van der Waals surface area contributed by atoms with E-state index in [1.54, 1.807) is 14.0 Å². The van der Waals surface area contributed by atoms with Crippen molar-refractivity contribution in [3.63, 3.8) is 0 Å². The fourth-order valence-electron chi connectivity index (χ4n) is 4.66. The van der Waals surface area contributed by atoms with E-state index in [0.29, 0.717) is 18.2 Å². The minimum atomic E-state index is -0.929. The molecule has 1 saturated heterocycles. The topological polar surface area (TPSA) is 125 Å². The molecular weight excluding hydrogens is 314 g/mol. The standard InChI is InChI=1S/C16H19N3O5/c1-6-11(17)14(21)10-9(5-24-15(18)22)16(23-2)8-3-7(8)4-19(16)12(10)13(6)20/h7-9H,3-5,17H2,1-2H3,(H2,18,22)/t7-,8-,9?,16-/m1/s1. The monoisotopic (exact) mass is 333 g/mol. The van der Waals surface area contributed by atoms with Crippen molar-refractivity contribution in [2.24, 2.45) is 29.2 Å². The Balaban J connectivity index is 1.85. The second-order valence-corrected chi connectivity index (χ2v) is 6.81. The summed E-state index contributed by atoms with van der Waals surface area (Å²) in [7, 11) is 1.56. The lowest BCUT2D eigenvalue weighted by Gasteiger charge is -2.40. The zero-order valence-corrected chi connectivity index (χ0v) is 13.5. The fraction of sp³-hybridized carbons (Fsp3) is 0.562. The Morgan fingerprint density at radius 2 is 2.08 bits per heavy atom. The van der Waals surface area contributed by atoms with Gasteiger partial charge >= 0.3 is 6.09 Å². The van der Waals surface area contributed by atoms with Gasteiger partial charge in [-0.1, -0.05) is 0 Å². The molecule has 1 saturated carbocycles. The van der Waals surface area contributed by atoms with Gasteiger partial charge in [0.05, 0.1) is 17.3 Å². The highest BCUT2D eigenvalue weighted by Gasteiger charge is 2.72. The number of Topliss-reactive ketones (excluding diaryl/α,β-unsaturated/α-hetero) is 2. The van der Waals surface area contributed by atoms with E-state index in [4.69, 9.17) is 20.9 Å². The highest BCUT2D eigenvalue weighted by atomic mass is 16.6. The SMILES string of the molecule is CO[C@]12C(COC(N)=O)C3=C(C(=O)C(C)=C(N)C3=O)N1C[C@H]1C[C@H]12. The lowest BCUT2D eigenvalue weighted by molar-refractivity contribution is -0.146. The van der Waals surface area contributed by atoms with Gasteiger partial charge in [-0.2, -0.15) is 0 Å². The van der Waals surface area contributed by atoms with E-state index in [2.05, 4.69) is 0 Å². The molecule has 0 aromatic rings. The van der Waals surface area contributed by atoms with Crippen molar-refractivity contribution in [3.05, 3.63) is 22.5 Å². The molecular formula is C16H19N3O5. The van der Waals surface area contributed by atoms with Gasteiger partial charge in [0.1, 0.15) is 6.61 Å². The molecule has 24 heavy (non-hydrogen) atoms. The molecule has 0 aromatic heterocycles. The van der Waals surface area contributed by atoms with Gasteiger partial charge in [0.25, 0.3) is 0 Å². The Hall–Kier alpha value is -2.35. The maximum absolute atomic E-state index is 12.8. The van der Waals surface area contributed by atoms with E-state index in [0.717, 1.165) is 6.42 Å². The third kappa shape index (κ3) is 1.59. The number of fused-ring (bicyclic) bond motifs is 4. The first kappa shape index (κ1) is 15.2. The first-order valence-electron chi connectivity index (χ1n) is 7.89. The first-order valence-corrected chi connectivity index (χ1v) is 7.89. The van der Waals surface area contributed by atoms with Crippen LogP contribution in [-0.2, 0) is 19.1 Å². The van der Waals surface area contributed by atoms with Crippen LogP contribution in [0.25, 0.3) is 0 Å². The molecule has 8 nitrogen and oxygen atoms in total. The van der Waals surface area contributed by atoms with Crippen LogP contribution in [0, 0.1) is 17.8 Å². The van der Waals surface area contributed by atoms with Crippen molar-refractivity contribution in [2.45, 2.75) is 19.1 Å². The number of rotatable bonds is 3. The van der Waals surface area contributed by atoms with Crippen LogP contribution in [0.5, 0.6) is 0 Å². The third-order valence-electron chi connectivity index (χ3n) is 5.83. The van der Waals surface area contributed by atoms with Gasteiger partial charge in [-0.15, -0.1) is 0 Å². The number of carbonyl (C=O) groups is 3. The molecule has 0 radical (unpaired) electrons. The molecule has 1 unspecified atom stereocenters. The summed E-state index contributed by atoms with van der Waals surface area (Å²) in [6.45, 7) is 2.08. The molecule has 1 amide bonds. The molecule has 2 heterocycles. The van der Waals surface area contributed by atoms with E-state index in [-0.39, 0.29) is 40.9 Å². The predicted molar refractivity (Wildman–Crippen MR) is 81.0 cm³/mol. The van der Waals surface area contributed by atoms with Crippen LogP contribution in [0.4, 0.5) is 4.79 Å². The number of hydrogen-bond acceptors (Lipinski definition) is 7. The normalized spacial score (nSPS) is 36.8. The molecule has 4 atom stereocenters. The van der Waals surface area contributed by atoms with Gasteiger partial charge in [0.2, 0.25) is 11.6 Å². The van der Waals surface area contributed by atoms with Gasteiger partial charge in [-0.05, 0) is 19.3 Å². The smallest absolute Gasteiger partial charge is 0.404 e. The highest BCUT2D eigenvalue weighted by Crippen LogP contribution is 2.65. The molecule has 0 spiro atoms. The average molecular weight is 333 g/mol. The van der Waals surface area contributed by atoms with Gasteiger partial charge in [-0.25, -0.2) is 4.79 Å². The van der Waals surface area contributed by atoms with Crippen molar-refractivity contribution in [1.29, 1.82) is 0 Å². The summed E-state index contributed by atoms with van der Waals surface area (Å²) in [4.78, 5) is 38.6. The lowest BCUT2D eigenvalue weighted by Crippen LogP contribution is -2.51. The Kier molecular flexibility index (Phi) is 2.91. The summed E-state index contributed by atoms with van der Waals surface area (Å²) in [5.41, 5.74) is 10.9. The Morgan fingerprint density at radius 3 is 2.71 bits per heavy atom. The summed E-state index contributed by atoms with van der Waals surface area (Å²) >= 11 is 0. The number of nitrogens with zero attached hydrogens (tertiary/aromatic N) is 1. The summed E-state index contributed by atoms with van der Waals surface area (Å²) in [5, 5.41) is 0. The number of amides is 1. The Bertz CT molecular complexity index is 755. The number of nitrogens with two attached hydrogens (primary N) is 2. The van der Waals surface area contributed by atoms with Crippen molar-refractivity contribution in [1.82, 2.24) is 4.90 Å². The maximum atomic E-state index is 12.8. The number of hydrogen-bond donors (Lipinski definition) is 2. The molecule has 0 aromatic carbocycles. The van der Waals surface area contributed by atoms with Crippen LogP contribution in [0.3, 0.4) is 0 Å². The first-order chi connectivity index (χ1) is 11.3. The molecule has 8 heteroatoms. The summed E-state index contributed by atoms with van der Waals surface area (Å²) in [6, 6.07) is 0. The summed E-state index contributed by atoms with van der Waals surface area (Å²) in [5.74, 6) is -0.613. The number of methoxy groups -OCH3 is 1. The van der Waals surface area contributed by atoms with E-state index in [1.165, 1.54) is 0 Å². The molecule has 4 aliphatic rings. The second-order valence-electron chi connectivity index (χ2n) is 6.81. The zero-order chi connectivity index (χ0) is 17.4. The van der Waals surface area contributed by atoms with Crippen molar-refractivity contribution in [3.8, 4) is 0 Å². The second kappa shape index (κ2) is 4.60. The molecule has 2 aliphatic heterocycles. The largest absolute Gasteiger partial charge is 0.449 e. The summed E-state index contributed by atoms with van der Waals surface area (Å²) < 4.78 is 10.9. The number of piperidine rings is 1. The van der Waals surface area contributed by atoms with E-state index < -0.39 is 17.7 Å². The molecule has 2 fully saturated rings. The minimum absolute atomic E-state index is 0.0531. The molecule has 4 rings (SSSR count). The van der Waals surface area contributed by atoms with Crippen molar-refractivity contribution >= 4 is 17.7 Å². The predicted octanol–water partition coefficient (Wildman–Crippen LogP) is -0.355. The quantitative estimate of drug-likeness (QED) is 0.676. The third-order valence-corrected chi connectivity index (χ3v) is 5.83. The van der Waals surface area contributed by atoms with Crippen molar-refractivity contribution in [2.75, 3.05) is 20.3 Å². The fourth-order valence-corrected chi connectivity index (χ4v) is 4.66. The molecule has 2 aliphatic carbocycles. The molecule has 128 valence electrons. The number of allylic oxidation sites excluding steroid dienone is 2. The lowest BCUT2D eigenvalue weighted by atomic mass is 9.82.